The molecule has 126 valence electrons. The largest absolute Gasteiger partial charge is 0.493 e. The fourth-order valence-electron chi connectivity index (χ4n) is 2.52. The number of methoxy groups -OCH3 is 2. The van der Waals surface area contributed by atoms with E-state index in [1.165, 1.54) is 0 Å². The van der Waals surface area contributed by atoms with Crippen molar-refractivity contribution in [1.82, 2.24) is 14.7 Å². The van der Waals surface area contributed by atoms with E-state index >= 15 is 0 Å². The van der Waals surface area contributed by atoms with E-state index in [2.05, 4.69) is 10.3 Å². The number of ether oxygens (including phenoxy) is 2. The van der Waals surface area contributed by atoms with Crippen molar-refractivity contribution in [2.24, 2.45) is 0 Å². The normalized spacial score (nSPS) is 12.1. The fraction of sp³-hybridized carbons (Fsp3) is 0.294. The Kier molecular flexibility index (Phi) is 4.71. The molecule has 0 spiro atoms. The van der Waals surface area contributed by atoms with Crippen molar-refractivity contribution in [3.63, 3.8) is 0 Å². The second-order valence-electron chi connectivity index (χ2n) is 5.41. The van der Waals surface area contributed by atoms with Gasteiger partial charge >= 0.3 is 0 Å². The predicted octanol–water partition coefficient (Wildman–Crippen LogP) is 2.83. The summed E-state index contributed by atoms with van der Waals surface area (Å²) in [4.78, 5) is 17.6. The van der Waals surface area contributed by atoms with Gasteiger partial charge in [0.15, 0.2) is 16.5 Å². The van der Waals surface area contributed by atoms with Crippen LogP contribution in [0.1, 0.15) is 24.2 Å². The lowest BCUT2D eigenvalue weighted by molar-refractivity contribution is -0.121. The van der Waals surface area contributed by atoms with Gasteiger partial charge in [-0.15, -0.1) is 11.3 Å². The zero-order chi connectivity index (χ0) is 17.1. The molecule has 0 aliphatic rings. The lowest BCUT2D eigenvalue weighted by atomic mass is 10.1. The van der Waals surface area contributed by atoms with Gasteiger partial charge in [-0.05, 0) is 24.6 Å². The van der Waals surface area contributed by atoms with Crippen LogP contribution < -0.4 is 14.8 Å². The number of rotatable bonds is 6. The smallest absolute Gasteiger partial charge is 0.226 e. The van der Waals surface area contributed by atoms with Gasteiger partial charge in [-0.3, -0.25) is 9.20 Å². The van der Waals surface area contributed by atoms with Crippen molar-refractivity contribution in [3.05, 3.63) is 47.2 Å². The molecule has 0 radical (unpaired) electrons. The number of imidazole rings is 1. The zero-order valence-electron chi connectivity index (χ0n) is 13.8. The minimum Gasteiger partial charge on any atom is -0.493 e. The average Bonchev–Trinajstić information content (AvgIpc) is 3.15. The number of thiazole rings is 1. The highest BCUT2D eigenvalue weighted by Crippen LogP contribution is 2.29. The number of aromatic nitrogens is 2. The lowest BCUT2D eigenvalue weighted by Gasteiger charge is -2.16. The summed E-state index contributed by atoms with van der Waals surface area (Å²) < 4.78 is 12.5. The number of hydrogen-bond acceptors (Lipinski definition) is 5. The predicted molar refractivity (Wildman–Crippen MR) is 92.9 cm³/mol. The molecule has 3 aromatic rings. The van der Waals surface area contributed by atoms with Crippen molar-refractivity contribution in [2.45, 2.75) is 19.4 Å². The van der Waals surface area contributed by atoms with Crippen LogP contribution in [-0.2, 0) is 11.2 Å². The molecule has 0 fully saturated rings. The van der Waals surface area contributed by atoms with Crippen molar-refractivity contribution in [2.75, 3.05) is 14.2 Å². The highest BCUT2D eigenvalue weighted by Gasteiger charge is 2.14. The summed E-state index contributed by atoms with van der Waals surface area (Å²) in [6, 6.07) is 5.48. The first-order valence-electron chi connectivity index (χ1n) is 7.53. The molecule has 0 aliphatic heterocycles. The van der Waals surface area contributed by atoms with Crippen LogP contribution in [0.25, 0.3) is 4.96 Å². The van der Waals surface area contributed by atoms with Crippen LogP contribution in [-0.4, -0.2) is 29.5 Å². The summed E-state index contributed by atoms with van der Waals surface area (Å²) in [7, 11) is 3.19. The maximum Gasteiger partial charge on any atom is 0.226 e. The fourth-order valence-corrected chi connectivity index (χ4v) is 3.24. The number of nitrogens with one attached hydrogen (secondary N) is 1. The van der Waals surface area contributed by atoms with Gasteiger partial charge in [0.25, 0.3) is 0 Å². The minimum atomic E-state index is -0.138. The molecule has 1 atom stereocenters. The van der Waals surface area contributed by atoms with Crippen LogP contribution in [0.3, 0.4) is 0 Å². The van der Waals surface area contributed by atoms with Crippen LogP contribution in [0.4, 0.5) is 0 Å². The number of carbonyl (C=O) groups is 1. The van der Waals surface area contributed by atoms with E-state index in [0.29, 0.717) is 11.5 Å². The van der Waals surface area contributed by atoms with Gasteiger partial charge in [0.05, 0.1) is 32.4 Å². The number of benzene rings is 1. The van der Waals surface area contributed by atoms with Crippen LogP contribution in [0.5, 0.6) is 11.5 Å². The minimum absolute atomic E-state index is 0.0666. The molecule has 2 aromatic heterocycles. The number of hydrogen-bond donors (Lipinski definition) is 1. The molecule has 1 aromatic carbocycles. The van der Waals surface area contributed by atoms with Crippen molar-refractivity contribution >= 4 is 22.2 Å². The van der Waals surface area contributed by atoms with E-state index in [9.17, 15) is 4.79 Å². The topological polar surface area (TPSA) is 64.9 Å². The summed E-state index contributed by atoms with van der Waals surface area (Å²) in [5, 5.41) is 4.95. The van der Waals surface area contributed by atoms with E-state index in [-0.39, 0.29) is 18.4 Å². The summed E-state index contributed by atoms with van der Waals surface area (Å²) in [6.45, 7) is 1.94. The van der Waals surface area contributed by atoms with Crippen molar-refractivity contribution in [3.8, 4) is 11.5 Å². The molecule has 1 unspecified atom stereocenters. The van der Waals surface area contributed by atoms with Gasteiger partial charge in [-0.25, -0.2) is 4.98 Å². The van der Waals surface area contributed by atoms with Crippen LogP contribution in [0.15, 0.2) is 36.0 Å². The Labute approximate surface area is 144 Å². The molecular formula is C17H19N3O3S. The first-order valence-corrected chi connectivity index (χ1v) is 8.41. The highest BCUT2D eigenvalue weighted by atomic mass is 32.1. The lowest BCUT2D eigenvalue weighted by Crippen LogP contribution is -2.28. The second kappa shape index (κ2) is 6.92. The Morgan fingerprint density at radius 2 is 2.12 bits per heavy atom. The van der Waals surface area contributed by atoms with Crippen LogP contribution in [0, 0.1) is 0 Å². The Morgan fingerprint density at radius 3 is 2.83 bits per heavy atom. The summed E-state index contributed by atoms with van der Waals surface area (Å²) in [6.07, 6.45) is 4.07. The maximum atomic E-state index is 12.3. The molecule has 0 saturated heterocycles. The maximum absolute atomic E-state index is 12.3. The number of amides is 1. The van der Waals surface area contributed by atoms with Gasteiger partial charge in [-0.2, -0.15) is 0 Å². The van der Waals surface area contributed by atoms with Gasteiger partial charge < -0.3 is 14.8 Å². The Bertz CT molecular complexity index is 827. The Hall–Kier alpha value is -2.54. The Balaban J connectivity index is 1.66. The summed E-state index contributed by atoms with van der Waals surface area (Å²) >= 11 is 1.55. The molecule has 1 amide bonds. The second-order valence-corrected chi connectivity index (χ2v) is 6.28. The average molecular weight is 345 g/mol. The van der Waals surface area contributed by atoms with E-state index in [0.717, 1.165) is 16.2 Å². The highest BCUT2D eigenvalue weighted by molar-refractivity contribution is 7.15. The number of carbonyl (C=O) groups excluding carboxylic acids is 1. The van der Waals surface area contributed by atoms with Crippen LogP contribution >= 0.6 is 11.3 Å². The van der Waals surface area contributed by atoms with Crippen molar-refractivity contribution < 1.29 is 14.3 Å². The number of fused-ring (bicyclic) bond motifs is 1. The molecule has 0 bridgehead atoms. The molecule has 1 N–H and O–H groups in total. The molecule has 2 heterocycles. The molecule has 7 heteroatoms. The standard InChI is InChI=1S/C17H19N3O3S/c1-11(12-4-5-14(22-2)15(8-12)23-3)18-16(21)9-13-10-20-6-7-24-17(20)19-13/h4-8,10-11H,9H2,1-3H3,(H,18,21). The molecular weight excluding hydrogens is 326 g/mol. The van der Waals surface area contributed by atoms with E-state index in [1.54, 1.807) is 25.6 Å². The van der Waals surface area contributed by atoms with Gasteiger partial charge in [-0.1, -0.05) is 6.07 Å². The monoisotopic (exact) mass is 345 g/mol. The third-order valence-corrected chi connectivity index (χ3v) is 4.54. The molecule has 0 aliphatic carbocycles. The SMILES string of the molecule is COc1ccc(C(C)NC(=O)Cc2cn3ccsc3n2)cc1OC. The number of nitrogens with zero attached hydrogens (tertiary/aromatic N) is 2. The van der Waals surface area contributed by atoms with Crippen LogP contribution in [0.2, 0.25) is 0 Å². The third kappa shape index (κ3) is 3.35. The van der Waals surface area contributed by atoms with Gasteiger partial charge in [0, 0.05) is 17.8 Å². The molecule has 6 nitrogen and oxygen atoms in total. The third-order valence-electron chi connectivity index (χ3n) is 3.77. The summed E-state index contributed by atoms with van der Waals surface area (Å²) in [5.74, 6) is 1.24. The molecule has 0 saturated carbocycles. The first-order chi connectivity index (χ1) is 11.6. The van der Waals surface area contributed by atoms with E-state index in [4.69, 9.17) is 9.47 Å². The Morgan fingerprint density at radius 1 is 1.33 bits per heavy atom. The van der Waals surface area contributed by atoms with Gasteiger partial charge in [0.2, 0.25) is 5.91 Å². The van der Waals surface area contributed by atoms with E-state index < -0.39 is 0 Å². The van der Waals surface area contributed by atoms with Crippen molar-refractivity contribution in [1.29, 1.82) is 0 Å². The zero-order valence-corrected chi connectivity index (χ0v) is 14.6. The molecule has 3 rings (SSSR count). The first kappa shape index (κ1) is 16.3. The summed E-state index contributed by atoms with van der Waals surface area (Å²) in [5.41, 5.74) is 1.71. The van der Waals surface area contributed by atoms with E-state index in [1.807, 2.05) is 47.3 Å². The van der Waals surface area contributed by atoms with Gasteiger partial charge in [0.1, 0.15) is 0 Å². The quantitative estimate of drug-likeness (QED) is 0.746. The molecule has 24 heavy (non-hydrogen) atoms.